The zero-order chi connectivity index (χ0) is 13.1. The van der Waals surface area contributed by atoms with Crippen molar-refractivity contribution in [3.8, 4) is 17.1 Å². The SMILES string of the molecule is CCc1c(C)[nH]c(-c2ccccc2OC)nc1=O. The molecule has 1 aromatic heterocycles. The summed E-state index contributed by atoms with van der Waals surface area (Å²) in [7, 11) is 1.60. The number of rotatable bonds is 3. The fraction of sp³-hybridized carbons (Fsp3) is 0.286. The Morgan fingerprint density at radius 3 is 2.67 bits per heavy atom. The highest BCUT2D eigenvalue weighted by Crippen LogP contribution is 2.26. The number of benzene rings is 1. The van der Waals surface area contributed by atoms with Crippen molar-refractivity contribution >= 4 is 0 Å². The van der Waals surface area contributed by atoms with Gasteiger partial charge >= 0.3 is 0 Å². The van der Waals surface area contributed by atoms with Gasteiger partial charge in [0.25, 0.3) is 5.56 Å². The normalized spacial score (nSPS) is 10.4. The molecule has 0 radical (unpaired) electrons. The number of ether oxygens (including phenoxy) is 1. The van der Waals surface area contributed by atoms with Crippen molar-refractivity contribution in [2.45, 2.75) is 20.3 Å². The first-order valence-electron chi connectivity index (χ1n) is 5.90. The number of aromatic amines is 1. The summed E-state index contributed by atoms with van der Waals surface area (Å²) >= 11 is 0. The van der Waals surface area contributed by atoms with Crippen molar-refractivity contribution in [1.82, 2.24) is 9.97 Å². The molecule has 4 nitrogen and oxygen atoms in total. The Balaban J connectivity index is 2.62. The molecule has 0 unspecified atom stereocenters. The zero-order valence-electron chi connectivity index (χ0n) is 10.8. The van der Waals surface area contributed by atoms with Crippen LogP contribution in [0.25, 0.3) is 11.4 Å². The van der Waals surface area contributed by atoms with Crippen LogP contribution in [0.1, 0.15) is 18.2 Å². The van der Waals surface area contributed by atoms with Crippen LogP contribution in [0.5, 0.6) is 5.75 Å². The van der Waals surface area contributed by atoms with E-state index in [9.17, 15) is 4.79 Å². The Morgan fingerprint density at radius 2 is 2.06 bits per heavy atom. The molecule has 0 bridgehead atoms. The van der Waals surface area contributed by atoms with Gasteiger partial charge in [-0.3, -0.25) is 4.79 Å². The third kappa shape index (κ3) is 2.14. The van der Waals surface area contributed by atoms with E-state index in [2.05, 4.69) is 9.97 Å². The summed E-state index contributed by atoms with van der Waals surface area (Å²) < 4.78 is 5.27. The predicted molar refractivity (Wildman–Crippen MR) is 71.0 cm³/mol. The molecule has 0 saturated carbocycles. The standard InChI is InChI=1S/C14H16N2O2/c1-4-10-9(2)15-13(16-14(10)17)11-7-5-6-8-12(11)18-3/h5-8H,4H2,1-3H3,(H,15,16,17). The summed E-state index contributed by atoms with van der Waals surface area (Å²) in [5, 5.41) is 0. The van der Waals surface area contributed by atoms with Crippen LogP contribution in [0.4, 0.5) is 0 Å². The lowest BCUT2D eigenvalue weighted by molar-refractivity contribution is 0.416. The Labute approximate surface area is 106 Å². The number of nitrogens with zero attached hydrogens (tertiary/aromatic N) is 1. The van der Waals surface area contributed by atoms with Crippen molar-refractivity contribution in [2.75, 3.05) is 7.11 Å². The molecule has 94 valence electrons. The zero-order valence-corrected chi connectivity index (χ0v) is 10.8. The van der Waals surface area contributed by atoms with Gasteiger partial charge in [-0.15, -0.1) is 0 Å². The first kappa shape index (κ1) is 12.4. The average Bonchev–Trinajstić information content (AvgIpc) is 2.38. The quantitative estimate of drug-likeness (QED) is 0.901. The number of para-hydroxylation sites is 1. The van der Waals surface area contributed by atoms with Crippen LogP contribution in [0.2, 0.25) is 0 Å². The summed E-state index contributed by atoms with van der Waals surface area (Å²) in [5.74, 6) is 1.25. The van der Waals surface area contributed by atoms with Crippen molar-refractivity contribution in [3.05, 3.63) is 45.9 Å². The lowest BCUT2D eigenvalue weighted by Gasteiger charge is -2.09. The van der Waals surface area contributed by atoms with Crippen LogP contribution in [0.3, 0.4) is 0 Å². The van der Waals surface area contributed by atoms with Crippen LogP contribution in [0.15, 0.2) is 29.1 Å². The molecule has 0 spiro atoms. The number of hydrogen-bond acceptors (Lipinski definition) is 3. The van der Waals surface area contributed by atoms with Crippen LogP contribution in [-0.2, 0) is 6.42 Å². The number of methoxy groups -OCH3 is 1. The average molecular weight is 244 g/mol. The molecule has 1 aromatic carbocycles. The van der Waals surface area contributed by atoms with Gasteiger partial charge in [0.2, 0.25) is 0 Å². The smallest absolute Gasteiger partial charge is 0.276 e. The molecule has 0 aliphatic heterocycles. The molecule has 0 atom stereocenters. The van der Waals surface area contributed by atoms with E-state index >= 15 is 0 Å². The monoisotopic (exact) mass is 244 g/mol. The molecule has 0 aliphatic carbocycles. The van der Waals surface area contributed by atoms with E-state index in [1.807, 2.05) is 38.1 Å². The minimum Gasteiger partial charge on any atom is -0.496 e. The van der Waals surface area contributed by atoms with Gasteiger partial charge in [-0.25, -0.2) is 0 Å². The minimum atomic E-state index is -0.172. The van der Waals surface area contributed by atoms with E-state index in [-0.39, 0.29) is 5.56 Å². The molecule has 0 saturated heterocycles. The van der Waals surface area contributed by atoms with E-state index in [0.29, 0.717) is 18.0 Å². The number of aryl methyl sites for hydroxylation is 1. The Hall–Kier alpha value is -2.10. The number of aromatic nitrogens is 2. The second kappa shape index (κ2) is 5.04. The van der Waals surface area contributed by atoms with E-state index in [1.54, 1.807) is 7.11 Å². The number of nitrogens with one attached hydrogen (secondary N) is 1. The van der Waals surface area contributed by atoms with Crippen molar-refractivity contribution in [3.63, 3.8) is 0 Å². The highest BCUT2D eigenvalue weighted by molar-refractivity contribution is 5.64. The maximum absolute atomic E-state index is 11.9. The molecule has 0 amide bonds. The lowest BCUT2D eigenvalue weighted by Crippen LogP contribution is -2.16. The summed E-state index contributed by atoms with van der Waals surface area (Å²) in [6.07, 6.45) is 0.681. The van der Waals surface area contributed by atoms with Gasteiger partial charge in [-0.05, 0) is 25.5 Å². The number of hydrogen-bond donors (Lipinski definition) is 1. The molecule has 1 heterocycles. The first-order valence-corrected chi connectivity index (χ1v) is 5.90. The number of H-pyrrole nitrogens is 1. The molecule has 2 aromatic rings. The van der Waals surface area contributed by atoms with Crippen molar-refractivity contribution in [1.29, 1.82) is 0 Å². The second-order valence-electron chi connectivity index (χ2n) is 4.05. The van der Waals surface area contributed by atoms with Crippen LogP contribution in [0, 0.1) is 6.92 Å². The molecular formula is C14H16N2O2. The molecule has 0 aliphatic rings. The largest absolute Gasteiger partial charge is 0.496 e. The lowest BCUT2D eigenvalue weighted by atomic mass is 10.1. The summed E-state index contributed by atoms with van der Waals surface area (Å²) in [4.78, 5) is 19.2. The van der Waals surface area contributed by atoms with Gasteiger partial charge in [0.1, 0.15) is 11.6 Å². The van der Waals surface area contributed by atoms with E-state index in [0.717, 1.165) is 16.8 Å². The Kier molecular flexibility index (Phi) is 3.46. The van der Waals surface area contributed by atoms with Gasteiger partial charge < -0.3 is 9.72 Å². The second-order valence-corrected chi connectivity index (χ2v) is 4.05. The maximum Gasteiger partial charge on any atom is 0.276 e. The summed E-state index contributed by atoms with van der Waals surface area (Å²) in [5.41, 5.74) is 2.21. The third-order valence-electron chi connectivity index (χ3n) is 2.95. The molecular weight excluding hydrogens is 228 g/mol. The van der Waals surface area contributed by atoms with E-state index < -0.39 is 0 Å². The van der Waals surface area contributed by atoms with Crippen LogP contribution < -0.4 is 10.3 Å². The predicted octanol–water partition coefficient (Wildman–Crippen LogP) is 2.32. The van der Waals surface area contributed by atoms with E-state index in [4.69, 9.17) is 4.74 Å². The Morgan fingerprint density at radius 1 is 1.33 bits per heavy atom. The van der Waals surface area contributed by atoms with Gasteiger partial charge in [-0.2, -0.15) is 4.98 Å². The van der Waals surface area contributed by atoms with Crippen LogP contribution >= 0.6 is 0 Å². The topological polar surface area (TPSA) is 55.0 Å². The molecule has 4 heteroatoms. The molecule has 18 heavy (non-hydrogen) atoms. The first-order chi connectivity index (χ1) is 8.67. The molecule has 2 rings (SSSR count). The highest BCUT2D eigenvalue weighted by Gasteiger charge is 2.11. The van der Waals surface area contributed by atoms with Gasteiger partial charge in [-0.1, -0.05) is 19.1 Å². The highest BCUT2D eigenvalue weighted by atomic mass is 16.5. The fourth-order valence-electron chi connectivity index (χ4n) is 1.99. The third-order valence-corrected chi connectivity index (χ3v) is 2.95. The summed E-state index contributed by atoms with van der Waals surface area (Å²) in [6.45, 7) is 3.84. The summed E-state index contributed by atoms with van der Waals surface area (Å²) in [6, 6.07) is 7.50. The minimum absolute atomic E-state index is 0.172. The fourth-order valence-corrected chi connectivity index (χ4v) is 1.99. The van der Waals surface area contributed by atoms with Gasteiger partial charge in [0, 0.05) is 11.3 Å². The molecule has 1 N–H and O–H groups in total. The maximum atomic E-state index is 11.9. The van der Waals surface area contributed by atoms with E-state index in [1.165, 1.54) is 0 Å². The molecule has 0 fully saturated rings. The Bertz CT molecular complexity index is 617. The van der Waals surface area contributed by atoms with Gasteiger partial charge in [0.05, 0.1) is 12.7 Å². The van der Waals surface area contributed by atoms with Crippen molar-refractivity contribution < 1.29 is 4.74 Å². The van der Waals surface area contributed by atoms with Crippen molar-refractivity contribution in [2.24, 2.45) is 0 Å². The van der Waals surface area contributed by atoms with Gasteiger partial charge in [0.15, 0.2) is 0 Å². The van der Waals surface area contributed by atoms with Crippen LogP contribution in [-0.4, -0.2) is 17.1 Å².